The smallest absolute Gasteiger partial charge is 0.221 e. The van der Waals surface area contributed by atoms with Gasteiger partial charge in [0.25, 0.3) is 0 Å². The second-order valence-electron chi connectivity index (χ2n) is 4.21. The third kappa shape index (κ3) is 5.32. The molecule has 0 spiro atoms. The Labute approximate surface area is 120 Å². The first-order valence-corrected chi connectivity index (χ1v) is 6.50. The molecule has 0 aromatic heterocycles. The highest BCUT2D eigenvalue weighted by atomic mass is 16.5. The van der Waals surface area contributed by atoms with Crippen LogP contribution in [0.3, 0.4) is 0 Å². The Morgan fingerprint density at radius 3 is 2.70 bits per heavy atom. The summed E-state index contributed by atoms with van der Waals surface area (Å²) in [4.78, 5) is 11.4. The van der Waals surface area contributed by atoms with Gasteiger partial charge in [-0.15, -0.1) is 6.58 Å². The molecule has 0 heterocycles. The van der Waals surface area contributed by atoms with E-state index in [0.29, 0.717) is 37.6 Å². The Bertz CT molecular complexity index is 447. The van der Waals surface area contributed by atoms with Crippen LogP contribution in [0.2, 0.25) is 0 Å². The van der Waals surface area contributed by atoms with Crippen molar-refractivity contribution in [3.63, 3.8) is 0 Å². The Morgan fingerprint density at radius 1 is 1.30 bits per heavy atom. The standard InChI is InChI=1S/C15H22N2O3/c1-4-8-17-15(18)7-9-16-11-12-5-6-13(19-2)14(10-12)20-3/h4-6,10,16H,1,7-9,11H2,2-3H3,(H,17,18). The molecule has 0 aliphatic carbocycles. The number of hydrogen-bond donors (Lipinski definition) is 2. The fraction of sp³-hybridized carbons (Fsp3) is 0.400. The number of amides is 1. The fourth-order valence-corrected chi connectivity index (χ4v) is 1.70. The molecule has 2 N–H and O–H groups in total. The van der Waals surface area contributed by atoms with Crippen molar-refractivity contribution in [2.24, 2.45) is 0 Å². The van der Waals surface area contributed by atoms with Crippen molar-refractivity contribution in [3.05, 3.63) is 36.4 Å². The van der Waals surface area contributed by atoms with E-state index >= 15 is 0 Å². The van der Waals surface area contributed by atoms with E-state index in [9.17, 15) is 4.79 Å². The number of hydrogen-bond acceptors (Lipinski definition) is 4. The lowest BCUT2D eigenvalue weighted by atomic mass is 10.2. The summed E-state index contributed by atoms with van der Waals surface area (Å²) in [6, 6.07) is 5.75. The highest BCUT2D eigenvalue weighted by Crippen LogP contribution is 2.27. The van der Waals surface area contributed by atoms with Gasteiger partial charge in [0.2, 0.25) is 5.91 Å². The van der Waals surface area contributed by atoms with Crippen molar-refractivity contribution in [1.29, 1.82) is 0 Å². The van der Waals surface area contributed by atoms with Gasteiger partial charge in [0.05, 0.1) is 14.2 Å². The summed E-state index contributed by atoms with van der Waals surface area (Å²) < 4.78 is 10.4. The van der Waals surface area contributed by atoms with Gasteiger partial charge in [0.15, 0.2) is 11.5 Å². The van der Waals surface area contributed by atoms with E-state index in [1.54, 1.807) is 20.3 Å². The van der Waals surface area contributed by atoms with E-state index in [0.717, 1.165) is 5.56 Å². The minimum absolute atomic E-state index is 0.0183. The molecule has 0 aliphatic heterocycles. The molecule has 0 saturated carbocycles. The molecule has 1 aromatic rings. The number of nitrogens with one attached hydrogen (secondary N) is 2. The third-order valence-corrected chi connectivity index (χ3v) is 2.75. The highest BCUT2D eigenvalue weighted by molar-refractivity contribution is 5.76. The summed E-state index contributed by atoms with van der Waals surface area (Å²) in [5, 5.41) is 5.95. The van der Waals surface area contributed by atoms with Crippen LogP contribution in [0.1, 0.15) is 12.0 Å². The van der Waals surface area contributed by atoms with Crippen LogP contribution >= 0.6 is 0 Å². The molecule has 0 fully saturated rings. The minimum Gasteiger partial charge on any atom is -0.493 e. The third-order valence-electron chi connectivity index (χ3n) is 2.75. The van der Waals surface area contributed by atoms with Gasteiger partial charge in [-0.25, -0.2) is 0 Å². The van der Waals surface area contributed by atoms with Crippen molar-refractivity contribution in [2.75, 3.05) is 27.3 Å². The van der Waals surface area contributed by atoms with Crippen LogP contribution < -0.4 is 20.1 Å². The van der Waals surface area contributed by atoms with Crippen LogP contribution in [0.15, 0.2) is 30.9 Å². The molecule has 20 heavy (non-hydrogen) atoms. The Morgan fingerprint density at radius 2 is 2.05 bits per heavy atom. The van der Waals surface area contributed by atoms with Crippen molar-refractivity contribution in [2.45, 2.75) is 13.0 Å². The zero-order valence-electron chi connectivity index (χ0n) is 12.1. The summed E-state index contributed by atoms with van der Waals surface area (Å²) in [6.07, 6.45) is 2.11. The average molecular weight is 278 g/mol. The van der Waals surface area contributed by atoms with Crippen molar-refractivity contribution < 1.29 is 14.3 Å². The van der Waals surface area contributed by atoms with Gasteiger partial charge in [-0.1, -0.05) is 12.1 Å². The van der Waals surface area contributed by atoms with Crippen LogP contribution in [0.5, 0.6) is 11.5 Å². The van der Waals surface area contributed by atoms with E-state index in [-0.39, 0.29) is 5.91 Å². The topological polar surface area (TPSA) is 59.6 Å². The highest BCUT2D eigenvalue weighted by Gasteiger charge is 2.04. The maximum absolute atomic E-state index is 11.4. The minimum atomic E-state index is 0.0183. The molecule has 1 rings (SSSR count). The molecular weight excluding hydrogens is 256 g/mol. The SMILES string of the molecule is C=CCNC(=O)CCNCc1ccc(OC)c(OC)c1. The number of carbonyl (C=O) groups is 1. The molecule has 5 nitrogen and oxygen atoms in total. The lowest BCUT2D eigenvalue weighted by molar-refractivity contribution is -0.120. The molecule has 110 valence electrons. The first-order chi connectivity index (χ1) is 9.71. The summed E-state index contributed by atoms with van der Waals surface area (Å²) in [6.45, 7) is 5.35. The second kappa shape index (κ2) is 8.98. The van der Waals surface area contributed by atoms with Gasteiger partial charge in [0, 0.05) is 26.1 Å². The van der Waals surface area contributed by atoms with Crippen LogP contribution in [0, 0.1) is 0 Å². The number of ether oxygens (including phenoxy) is 2. The number of benzene rings is 1. The lowest BCUT2D eigenvalue weighted by Crippen LogP contribution is -2.27. The van der Waals surface area contributed by atoms with Crippen LogP contribution in [0.25, 0.3) is 0 Å². The van der Waals surface area contributed by atoms with Gasteiger partial charge in [-0.2, -0.15) is 0 Å². The normalized spacial score (nSPS) is 9.90. The summed E-state index contributed by atoms with van der Waals surface area (Å²) in [5.41, 5.74) is 1.08. The Balaban J connectivity index is 2.35. The largest absolute Gasteiger partial charge is 0.493 e. The quantitative estimate of drug-likeness (QED) is 0.531. The van der Waals surface area contributed by atoms with Gasteiger partial charge < -0.3 is 20.1 Å². The van der Waals surface area contributed by atoms with Gasteiger partial charge in [-0.3, -0.25) is 4.79 Å². The maximum atomic E-state index is 11.4. The zero-order valence-corrected chi connectivity index (χ0v) is 12.1. The molecule has 0 saturated heterocycles. The lowest BCUT2D eigenvalue weighted by Gasteiger charge is -2.10. The maximum Gasteiger partial charge on any atom is 0.221 e. The molecule has 0 atom stereocenters. The first-order valence-electron chi connectivity index (χ1n) is 6.50. The number of methoxy groups -OCH3 is 2. The molecule has 1 aromatic carbocycles. The zero-order chi connectivity index (χ0) is 14.8. The van der Waals surface area contributed by atoms with Crippen LogP contribution in [0.4, 0.5) is 0 Å². The molecular formula is C15H22N2O3. The van der Waals surface area contributed by atoms with Crippen molar-refractivity contribution in [3.8, 4) is 11.5 Å². The van der Waals surface area contributed by atoms with E-state index in [2.05, 4.69) is 17.2 Å². The predicted octanol–water partition coefficient (Wildman–Crippen LogP) is 1.49. The van der Waals surface area contributed by atoms with E-state index < -0.39 is 0 Å². The summed E-state index contributed by atoms with van der Waals surface area (Å²) in [7, 11) is 3.22. The van der Waals surface area contributed by atoms with E-state index in [1.165, 1.54) is 0 Å². The average Bonchev–Trinajstić information content (AvgIpc) is 2.49. The van der Waals surface area contributed by atoms with Crippen LogP contribution in [-0.4, -0.2) is 33.2 Å². The molecule has 0 aliphatic rings. The molecule has 0 radical (unpaired) electrons. The van der Waals surface area contributed by atoms with Gasteiger partial charge >= 0.3 is 0 Å². The molecule has 1 amide bonds. The van der Waals surface area contributed by atoms with Crippen molar-refractivity contribution in [1.82, 2.24) is 10.6 Å². The van der Waals surface area contributed by atoms with Gasteiger partial charge in [0.1, 0.15) is 0 Å². The van der Waals surface area contributed by atoms with Gasteiger partial charge in [-0.05, 0) is 17.7 Å². The summed E-state index contributed by atoms with van der Waals surface area (Å²) in [5.74, 6) is 1.43. The predicted molar refractivity (Wildman–Crippen MR) is 79.1 cm³/mol. The molecule has 5 heteroatoms. The molecule has 0 unspecified atom stereocenters. The van der Waals surface area contributed by atoms with Crippen molar-refractivity contribution >= 4 is 5.91 Å². The number of rotatable bonds is 9. The summed E-state index contributed by atoms with van der Waals surface area (Å²) >= 11 is 0. The monoisotopic (exact) mass is 278 g/mol. The second-order valence-corrected chi connectivity index (χ2v) is 4.21. The number of carbonyl (C=O) groups excluding carboxylic acids is 1. The first kappa shape index (κ1) is 16.0. The Kier molecular flexibility index (Phi) is 7.21. The molecule has 0 bridgehead atoms. The fourth-order valence-electron chi connectivity index (χ4n) is 1.70. The van der Waals surface area contributed by atoms with E-state index in [1.807, 2.05) is 18.2 Å². The van der Waals surface area contributed by atoms with Crippen LogP contribution in [-0.2, 0) is 11.3 Å². The Hall–Kier alpha value is -2.01. The van der Waals surface area contributed by atoms with E-state index in [4.69, 9.17) is 9.47 Å².